The first kappa shape index (κ1) is 17.1. The minimum absolute atomic E-state index is 0.0439. The number of anilines is 1. The largest absolute Gasteiger partial charge is 0.472 e. The Hall–Kier alpha value is -2.29. The molecule has 2 aromatic carbocycles. The van der Waals surface area contributed by atoms with E-state index in [1.807, 2.05) is 48.5 Å². The smallest absolute Gasteiger partial charge is 0.214 e. The molecule has 0 bridgehead atoms. The molecule has 1 aliphatic heterocycles. The molecule has 6 heteroatoms. The predicted molar refractivity (Wildman–Crippen MR) is 107 cm³/mol. The summed E-state index contributed by atoms with van der Waals surface area (Å²) in [4.78, 5) is 6.76. The summed E-state index contributed by atoms with van der Waals surface area (Å²) in [5, 5.41) is 11.1. The molecule has 1 fully saturated rings. The lowest BCUT2D eigenvalue weighted by Gasteiger charge is -2.20. The number of hydrogen-bond donors (Lipinski definition) is 0. The molecule has 1 saturated heterocycles. The molecule has 3 aromatic rings. The van der Waals surface area contributed by atoms with Crippen molar-refractivity contribution in [3.8, 4) is 11.9 Å². The molecule has 0 radical (unpaired) electrons. The highest BCUT2D eigenvalue weighted by molar-refractivity contribution is 9.10. The third kappa shape index (κ3) is 3.48. The first-order valence-corrected chi connectivity index (χ1v) is 9.47. The molecule has 0 N–H and O–H groups in total. The van der Waals surface area contributed by atoms with Crippen LogP contribution in [0.5, 0.6) is 5.88 Å². The van der Waals surface area contributed by atoms with Crippen LogP contribution in [0.15, 0.2) is 53.0 Å². The van der Waals surface area contributed by atoms with Crippen molar-refractivity contribution in [3.05, 3.63) is 63.6 Å². The Morgan fingerprint density at radius 2 is 2.08 bits per heavy atom. The molecule has 4 rings (SSSR count). The van der Waals surface area contributed by atoms with Gasteiger partial charge in [0.15, 0.2) is 0 Å². The Morgan fingerprint density at radius 1 is 1.19 bits per heavy atom. The van der Waals surface area contributed by atoms with Gasteiger partial charge in [-0.05, 0) is 42.5 Å². The molecule has 0 aliphatic carbocycles. The van der Waals surface area contributed by atoms with Crippen molar-refractivity contribution in [2.75, 3.05) is 18.0 Å². The summed E-state index contributed by atoms with van der Waals surface area (Å²) in [6.07, 6.45) is 0.934. The fourth-order valence-corrected chi connectivity index (χ4v) is 3.77. The zero-order valence-electron chi connectivity index (χ0n) is 13.8. The standard InChI is InChI=1S/C20H15BrClN3O/c21-15-2-5-19(14(9-15)11-23)25-8-7-17(12-25)26-20-6-1-13-10-16(22)3-4-18(13)24-20/h1-6,9-10,17H,7-8,12H2/t17-/m0/s1. The molecular weight excluding hydrogens is 414 g/mol. The number of rotatable bonds is 3. The monoisotopic (exact) mass is 427 g/mol. The van der Waals surface area contributed by atoms with Crippen molar-refractivity contribution in [1.82, 2.24) is 4.98 Å². The summed E-state index contributed by atoms with van der Waals surface area (Å²) in [6, 6.07) is 17.5. The van der Waals surface area contributed by atoms with Crippen LogP contribution in [0.3, 0.4) is 0 Å². The van der Waals surface area contributed by atoms with Gasteiger partial charge in [0.2, 0.25) is 5.88 Å². The summed E-state index contributed by atoms with van der Waals surface area (Å²) < 4.78 is 6.99. The van der Waals surface area contributed by atoms with Gasteiger partial charge in [-0.3, -0.25) is 0 Å². The Kier molecular flexibility index (Phi) is 4.71. The van der Waals surface area contributed by atoms with E-state index in [4.69, 9.17) is 16.3 Å². The molecule has 0 saturated carbocycles. The fraction of sp³-hybridized carbons (Fsp3) is 0.200. The molecule has 4 nitrogen and oxygen atoms in total. The zero-order valence-corrected chi connectivity index (χ0v) is 16.2. The van der Waals surface area contributed by atoms with Crippen LogP contribution in [0.1, 0.15) is 12.0 Å². The molecule has 26 heavy (non-hydrogen) atoms. The number of hydrogen-bond acceptors (Lipinski definition) is 4. The quantitative estimate of drug-likeness (QED) is 0.577. The average Bonchev–Trinajstić information content (AvgIpc) is 3.10. The molecule has 130 valence electrons. The molecule has 0 amide bonds. The maximum absolute atomic E-state index is 9.38. The number of benzene rings is 2. The highest BCUT2D eigenvalue weighted by atomic mass is 79.9. The molecule has 1 aliphatic rings. The second-order valence-corrected chi connectivity index (χ2v) is 7.59. The molecule has 1 atom stereocenters. The first-order valence-electron chi connectivity index (χ1n) is 8.30. The molecule has 2 heterocycles. The lowest BCUT2D eigenvalue weighted by atomic mass is 10.2. The number of nitrogens with zero attached hydrogens (tertiary/aromatic N) is 3. The SMILES string of the molecule is N#Cc1cc(Br)ccc1N1CC[C@H](Oc2ccc3cc(Cl)ccc3n2)C1. The molecule has 1 aromatic heterocycles. The second kappa shape index (κ2) is 7.14. The van der Waals surface area contributed by atoms with Gasteiger partial charge in [0, 0.05) is 33.9 Å². The van der Waals surface area contributed by atoms with E-state index in [0.29, 0.717) is 16.5 Å². The number of fused-ring (bicyclic) bond motifs is 1. The van der Waals surface area contributed by atoms with Crippen LogP contribution in [0.2, 0.25) is 5.02 Å². The van der Waals surface area contributed by atoms with Crippen LogP contribution >= 0.6 is 27.5 Å². The summed E-state index contributed by atoms with van der Waals surface area (Å²) in [5.74, 6) is 0.614. The highest BCUT2D eigenvalue weighted by Crippen LogP contribution is 2.29. The second-order valence-electron chi connectivity index (χ2n) is 6.23. The lowest BCUT2D eigenvalue weighted by Crippen LogP contribution is -2.25. The van der Waals surface area contributed by atoms with Crippen LogP contribution < -0.4 is 9.64 Å². The van der Waals surface area contributed by atoms with Gasteiger partial charge < -0.3 is 9.64 Å². The van der Waals surface area contributed by atoms with Gasteiger partial charge in [-0.1, -0.05) is 27.5 Å². The van der Waals surface area contributed by atoms with Crippen LogP contribution in [-0.2, 0) is 0 Å². The van der Waals surface area contributed by atoms with E-state index in [2.05, 4.69) is 31.9 Å². The maximum atomic E-state index is 9.38. The van der Waals surface area contributed by atoms with E-state index in [9.17, 15) is 5.26 Å². The maximum Gasteiger partial charge on any atom is 0.214 e. The summed E-state index contributed by atoms with van der Waals surface area (Å²) in [5.41, 5.74) is 2.48. The van der Waals surface area contributed by atoms with E-state index >= 15 is 0 Å². The van der Waals surface area contributed by atoms with Crippen molar-refractivity contribution in [1.29, 1.82) is 5.26 Å². The third-order valence-electron chi connectivity index (χ3n) is 4.48. The zero-order chi connectivity index (χ0) is 18.1. The van der Waals surface area contributed by atoms with Gasteiger partial charge in [-0.2, -0.15) is 5.26 Å². The van der Waals surface area contributed by atoms with Gasteiger partial charge in [0.05, 0.1) is 23.3 Å². The van der Waals surface area contributed by atoms with Gasteiger partial charge in [0.1, 0.15) is 12.2 Å². The van der Waals surface area contributed by atoms with Crippen molar-refractivity contribution in [2.24, 2.45) is 0 Å². The van der Waals surface area contributed by atoms with Crippen LogP contribution in [-0.4, -0.2) is 24.2 Å². The van der Waals surface area contributed by atoms with Crippen LogP contribution in [0.25, 0.3) is 10.9 Å². The summed E-state index contributed by atoms with van der Waals surface area (Å²) >= 11 is 9.43. The van der Waals surface area contributed by atoms with E-state index in [1.54, 1.807) is 0 Å². The molecular formula is C20H15BrClN3O. The van der Waals surface area contributed by atoms with Crippen LogP contribution in [0.4, 0.5) is 5.69 Å². The normalized spacial score (nSPS) is 16.7. The lowest BCUT2D eigenvalue weighted by molar-refractivity contribution is 0.216. The topological polar surface area (TPSA) is 49.2 Å². The third-order valence-corrected chi connectivity index (χ3v) is 5.21. The van der Waals surface area contributed by atoms with E-state index in [0.717, 1.165) is 40.6 Å². The number of pyridine rings is 1. The van der Waals surface area contributed by atoms with Crippen molar-refractivity contribution in [3.63, 3.8) is 0 Å². The van der Waals surface area contributed by atoms with Crippen molar-refractivity contribution >= 4 is 44.1 Å². The van der Waals surface area contributed by atoms with E-state index in [-0.39, 0.29) is 6.10 Å². The highest BCUT2D eigenvalue weighted by Gasteiger charge is 2.26. The average molecular weight is 429 g/mol. The van der Waals surface area contributed by atoms with Gasteiger partial charge in [0.25, 0.3) is 0 Å². The number of halogens is 2. The number of ether oxygens (including phenoxy) is 1. The predicted octanol–water partition coefficient (Wildman–Crippen LogP) is 5.18. The summed E-state index contributed by atoms with van der Waals surface area (Å²) in [7, 11) is 0. The van der Waals surface area contributed by atoms with Gasteiger partial charge in [-0.25, -0.2) is 4.98 Å². The van der Waals surface area contributed by atoms with Gasteiger partial charge >= 0.3 is 0 Å². The van der Waals surface area contributed by atoms with Gasteiger partial charge in [-0.15, -0.1) is 0 Å². The van der Waals surface area contributed by atoms with Crippen molar-refractivity contribution < 1.29 is 4.74 Å². The summed E-state index contributed by atoms with van der Waals surface area (Å²) in [6.45, 7) is 1.58. The Morgan fingerprint density at radius 3 is 2.92 bits per heavy atom. The Bertz CT molecular complexity index is 1020. The Balaban J connectivity index is 1.50. The Labute approximate surface area is 165 Å². The molecule has 0 spiro atoms. The molecule has 0 unspecified atom stereocenters. The van der Waals surface area contributed by atoms with Crippen molar-refractivity contribution in [2.45, 2.75) is 12.5 Å². The van der Waals surface area contributed by atoms with E-state index < -0.39 is 0 Å². The van der Waals surface area contributed by atoms with E-state index in [1.165, 1.54) is 0 Å². The first-order chi connectivity index (χ1) is 12.6. The minimum atomic E-state index is 0.0439. The number of nitriles is 1. The van der Waals surface area contributed by atoms with Crippen LogP contribution in [0, 0.1) is 11.3 Å². The fourth-order valence-electron chi connectivity index (χ4n) is 3.23. The minimum Gasteiger partial charge on any atom is -0.472 e. The number of aromatic nitrogens is 1.